The van der Waals surface area contributed by atoms with Crippen LogP contribution in [0.3, 0.4) is 0 Å². The molecule has 1 heterocycles. The predicted molar refractivity (Wildman–Crippen MR) is 51.6 cm³/mol. The zero-order chi connectivity index (χ0) is 10.6. The van der Waals surface area contributed by atoms with Gasteiger partial charge in [0.2, 0.25) is 5.91 Å². The number of methoxy groups -OCH3 is 1. The molecule has 1 aromatic rings. The van der Waals surface area contributed by atoms with Gasteiger partial charge in [0.05, 0.1) is 24.3 Å². The molecular weight excluding hydrogens is 182 g/mol. The van der Waals surface area contributed by atoms with E-state index < -0.39 is 0 Å². The summed E-state index contributed by atoms with van der Waals surface area (Å²) < 4.78 is 6.59. The molecule has 0 aliphatic carbocycles. The lowest BCUT2D eigenvalue weighted by Gasteiger charge is -2.13. The van der Waals surface area contributed by atoms with Gasteiger partial charge in [0.15, 0.2) is 0 Å². The molecule has 1 atom stereocenters. The van der Waals surface area contributed by atoms with Gasteiger partial charge in [-0.05, 0) is 6.92 Å². The summed E-state index contributed by atoms with van der Waals surface area (Å²) in [6.45, 7) is 1.99. The molecule has 0 bridgehead atoms. The van der Waals surface area contributed by atoms with Gasteiger partial charge < -0.3 is 14.6 Å². The Labute approximate surface area is 83.1 Å². The van der Waals surface area contributed by atoms with Crippen molar-refractivity contribution >= 4 is 5.91 Å². The fraction of sp³-hybridized carbons (Fsp3) is 0.556. The second-order valence-electron chi connectivity index (χ2n) is 3.15. The average molecular weight is 197 g/mol. The Balaban J connectivity index is 2.54. The van der Waals surface area contributed by atoms with Crippen molar-refractivity contribution in [3.8, 4) is 0 Å². The molecule has 78 valence electrons. The van der Waals surface area contributed by atoms with E-state index in [1.807, 2.05) is 18.5 Å². The Hall–Kier alpha value is -1.36. The highest BCUT2D eigenvalue weighted by molar-refractivity contribution is 5.77. The summed E-state index contributed by atoms with van der Waals surface area (Å²) in [5.74, 6) is -0.124. The fourth-order valence-electron chi connectivity index (χ4n) is 1.27. The van der Waals surface area contributed by atoms with E-state index in [9.17, 15) is 4.79 Å². The topological polar surface area (TPSA) is 56.1 Å². The Morgan fingerprint density at radius 3 is 3.00 bits per heavy atom. The number of aromatic nitrogens is 2. The molecule has 0 aliphatic rings. The number of nitrogens with zero attached hydrogens (tertiary/aromatic N) is 2. The summed E-state index contributed by atoms with van der Waals surface area (Å²) in [7, 11) is 3.38. The van der Waals surface area contributed by atoms with Crippen molar-refractivity contribution in [1.82, 2.24) is 14.9 Å². The maximum Gasteiger partial charge on any atom is 0.246 e. The first kappa shape index (κ1) is 10.7. The smallest absolute Gasteiger partial charge is 0.246 e. The first-order valence-corrected chi connectivity index (χ1v) is 4.39. The first-order chi connectivity index (χ1) is 6.65. The zero-order valence-corrected chi connectivity index (χ0v) is 8.65. The molecule has 0 aliphatic heterocycles. The van der Waals surface area contributed by atoms with Crippen LogP contribution in [0.25, 0.3) is 0 Å². The molecular formula is C9H15N3O2. The van der Waals surface area contributed by atoms with E-state index in [0.717, 1.165) is 5.69 Å². The number of carbonyl (C=O) groups is 1. The van der Waals surface area contributed by atoms with Gasteiger partial charge in [0, 0.05) is 14.2 Å². The lowest BCUT2D eigenvalue weighted by atomic mass is 10.2. The quantitative estimate of drug-likeness (QED) is 0.752. The summed E-state index contributed by atoms with van der Waals surface area (Å²) in [5, 5.41) is 2.80. The number of nitrogens with one attached hydrogen (secondary N) is 1. The monoisotopic (exact) mass is 197 g/mol. The van der Waals surface area contributed by atoms with Gasteiger partial charge in [-0.25, -0.2) is 4.98 Å². The third-order valence-electron chi connectivity index (χ3n) is 1.95. The summed E-state index contributed by atoms with van der Waals surface area (Å²) in [4.78, 5) is 15.2. The van der Waals surface area contributed by atoms with Gasteiger partial charge in [-0.2, -0.15) is 0 Å². The summed E-state index contributed by atoms with van der Waals surface area (Å²) in [5.41, 5.74) is 0.967. The maximum absolute atomic E-state index is 11.2. The zero-order valence-electron chi connectivity index (χ0n) is 8.65. The number of hydrogen-bond donors (Lipinski definition) is 1. The van der Waals surface area contributed by atoms with Crippen LogP contribution in [-0.4, -0.2) is 29.2 Å². The number of ether oxygens (including phenoxy) is 1. The standard InChI is InChI=1S/C9H15N3O2/c1-7(11-9(13)5-14-3)8-4-10-6-12(8)2/h4,6-7H,5H2,1-3H3,(H,11,13). The van der Waals surface area contributed by atoms with E-state index in [1.54, 1.807) is 12.5 Å². The van der Waals surface area contributed by atoms with Crippen LogP contribution in [0, 0.1) is 0 Å². The van der Waals surface area contributed by atoms with Crippen molar-refractivity contribution in [3.05, 3.63) is 18.2 Å². The van der Waals surface area contributed by atoms with Crippen LogP contribution in [0.5, 0.6) is 0 Å². The van der Waals surface area contributed by atoms with E-state index in [1.165, 1.54) is 7.11 Å². The van der Waals surface area contributed by atoms with E-state index in [0.29, 0.717) is 0 Å². The highest BCUT2D eigenvalue weighted by atomic mass is 16.5. The van der Waals surface area contributed by atoms with E-state index in [2.05, 4.69) is 10.3 Å². The molecule has 1 unspecified atom stereocenters. The van der Waals surface area contributed by atoms with Crippen LogP contribution in [0.4, 0.5) is 0 Å². The summed E-state index contributed by atoms with van der Waals surface area (Å²) >= 11 is 0. The highest BCUT2D eigenvalue weighted by Crippen LogP contribution is 2.09. The second kappa shape index (κ2) is 4.76. The van der Waals surface area contributed by atoms with Gasteiger partial charge in [-0.1, -0.05) is 0 Å². The molecule has 0 fully saturated rings. The molecule has 0 aromatic carbocycles. The molecule has 0 saturated carbocycles. The van der Waals surface area contributed by atoms with Crippen LogP contribution >= 0.6 is 0 Å². The maximum atomic E-state index is 11.2. The van der Waals surface area contributed by atoms with Crippen LogP contribution < -0.4 is 5.32 Å². The second-order valence-corrected chi connectivity index (χ2v) is 3.15. The van der Waals surface area contributed by atoms with Gasteiger partial charge in [-0.3, -0.25) is 4.79 Å². The van der Waals surface area contributed by atoms with Crippen LogP contribution in [-0.2, 0) is 16.6 Å². The SMILES string of the molecule is COCC(=O)NC(C)c1cncn1C. The normalized spacial score (nSPS) is 12.5. The third-order valence-corrected chi connectivity index (χ3v) is 1.95. The Morgan fingerprint density at radius 1 is 1.79 bits per heavy atom. The van der Waals surface area contributed by atoms with Gasteiger partial charge in [-0.15, -0.1) is 0 Å². The number of amides is 1. The van der Waals surface area contributed by atoms with Gasteiger partial charge in [0.25, 0.3) is 0 Å². The minimum absolute atomic E-state index is 0.0508. The molecule has 1 aromatic heterocycles. The number of carbonyl (C=O) groups excluding carboxylic acids is 1. The van der Waals surface area contributed by atoms with Crippen molar-refractivity contribution in [1.29, 1.82) is 0 Å². The largest absolute Gasteiger partial charge is 0.375 e. The Kier molecular flexibility index (Phi) is 3.64. The van der Waals surface area contributed by atoms with Crippen molar-refractivity contribution < 1.29 is 9.53 Å². The van der Waals surface area contributed by atoms with E-state index in [-0.39, 0.29) is 18.6 Å². The minimum Gasteiger partial charge on any atom is -0.375 e. The molecule has 1 rings (SSSR count). The number of imidazole rings is 1. The lowest BCUT2D eigenvalue weighted by molar-refractivity contribution is -0.125. The van der Waals surface area contributed by atoms with Crippen molar-refractivity contribution in [2.75, 3.05) is 13.7 Å². The van der Waals surface area contributed by atoms with Gasteiger partial charge in [0.1, 0.15) is 6.61 Å². The molecule has 0 spiro atoms. The van der Waals surface area contributed by atoms with Crippen molar-refractivity contribution in [2.24, 2.45) is 7.05 Å². The third kappa shape index (κ3) is 2.56. The van der Waals surface area contributed by atoms with Crippen LogP contribution in [0.15, 0.2) is 12.5 Å². The number of rotatable bonds is 4. The van der Waals surface area contributed by atoms with Gasteiger partial charge >= 0.3 is 0 Å². The number of hydrogen-bond acceptors (Lipinski definition) is 3. The molecule has 5 nitrogen and oxygen atoms in total. The molecule has 1 N–H and O–H groups in total. The Morgan fingerprint density at radius 2 is 2.50 bits per heavy atom. The first-order valence-electron chi connectivity index (χ1n) is 4.39. The van der Waals surface area contributed by atoms with Crippen molar-refractivity contribution in [3.63, 3.8) is 0 Å². The predicted octanol–water partition coefficient (Wildman–Crippen LogP) is 0.244. The van der Waals surface area contributed by atoms with E-state index in [4.69, 9.17) is 4.74 Å². The molecule has 0 saturated heterocycles. The summed E-state index contributed by atoms with van der Waals surface area (Å²) in [6.07, 6.45) is 3.44. The molecule has 5 heteroatoms. The minimum atomic E-state index is -0.124. The molecule has 14 heavy (non-hydrogen) atoms. The summed E-state index contributed by atoms with van der Waals surface area (Å²) in [6, 6.07) is -0.0508. The Bertz CT molecular complexity index is 309. The van der Waals surface area contributed by atoms with Crippen molar-refractivity contribution in [2.45, 2.75) is 13.0 Å². The lowest BCUT2D eigenvalue weighted by Crippen LogP contribution is -2.30. The molecule has 1 amide bonds. The van der Waals surface area contributed by atoms with Crippen LogP contribution in [0.2, 0.25) is 0 Å². The average Bonchev–Trinajstić information content (AvgIpc) is 2.51. The van der Waals surface area contributed by atoms with E-state index >= 15 is 0 Å². The number of aryl methyl sites for hydroxylation is 1. The van der Waals surface area contributed by atoms with Crippen LogP contribution in [0.1, 0.15) is 18.7 Å². The highest BCUT2D eigenvalue weighted by Gasteiger charge is 2.11. The molecule has 0 radical (unpaired) electrons. The fourth-order valence-corrected chi connectivity index (χ4v) is 1.27.